The normalized spacial score (nSPS) is 14.2. The summed E-state index contributed by atoms with van der Waals surface area (Å²) >= 11 is 5.99. The minimum absolute atomic E-state index is 0.193. The van der Waals surface area contributed by atoms with Crippen molar-refractivity contribution in [2.45, 2.75) is 45.4 Å². The number of fused-ring (bicyclic) bond motifs is 1. The average Bonchev–Trinajstić information content (AvgIpc) is 2.79. The monoisotopic (exact) mass is 456 g/mol. The van der Waals surface area contributed by atoms with Gasteiger partial charge in [-0.3, -0.25) is 0 Å². The lowest BCUT2D eigenvalue weighted by atomic mass is 9.89. The van der Waals surface area contributed by atoms with Crippen LogP contribution in [0.4, 0.5) is 10.2 Å². The summed E-state index contributed by atoms with van der Waals surface area (Å²) in [6.07, 6.45) is 7.47. The van der Waals surface area contributed by atoms with E-state index < -0.39 is 0 Å². The maximum atomic E-state index is 13.5. The summed E-state index contributed by atoms with van der Waals surface area (Å²) in [7, 11) is 3.99. The van der Waals surface area contributed by atoms with Crippen molar-refractivity contribution in [1.82, 2.24) is 15.3 Å². The van der Waals surface area contributed by atoms with Crippen LogP contribution in [0, 0.1) is 18.7 Å². The second-order valence-corrected chi connectivity index (χ2v) is 9.07. The predicted molar refractivity (Wildman–Crippen MR) is 133 cm³/mol. The summed E-state index contributed by atoms with van der Waals surface area (Å²) in [5.74, 6) is 2.41. The Hall–Kier alpha value is -2.24. The van der Waals surface area contributed by atoms with E-state index in [1.165, 1.54) is 38.2 Å². The Morgan fingerprint density at radius 3 is 2.50 bits per heavy atom. The smallest absolute Gasteiger partial charge is 0.139 e. The highest BCUT2D eigenvalue weighted by Crippen LogP contribution is 2.23. The molecule has 1 aliphatic carbocycles. The third-order valence-electron chi connectivity index (χ3n) is 5.89. The first-order valence-electron chi connectivity index (χ1n) is 11.5. The number of anilines is 1. The van der Waals surface area contributed by atoms with Gasteiger partial charge in [-0.25, -0.2) is 14.4 Å². The van der Waals surface area contributed by atoms with Gasteiger partial charge in [-0.2, -0.15) is 0 Å². The van der Waals surface area contributed by atoms with Gasteiger partial charge in [0.25, 0.3) is 0 Å². The number of nitrogens with zero attached hydrogens (tertiary/aromatic N) is 3. The third-order valence-corrected chi connectivity index (χ3v) is 6.24. The zero-order valence-corrected chi connectivity index (χ0v) is 20.1. The Morgan fingerprint density at radius 2 is 1.78 bits per heavy atom. The molecule has 0 unspecified atom stereocenters. The van der Waals surface area contributed by atoms with E-state index in [-0.39, 0.29) is 5.82 Å². The van der Waals surface area contributed by atoms with Gasteiger partial charge >= 0.3 is 0 Å². The molecule has 0 aliphatic heterocycles. The molecule has 0 amide bonds. The van der Waals surface area contributed by atoms with Gasteiger partial charge in [-0.1, -0.05) is 49.1 Å². The Labute approximate surface area is 196 Å². The Kier molecular flexibility index (Phi) is 9.24. The van der Waals surface area contributed by atoms with Gasteiger partial charge in [0.1, 0.15) is 17.5 Å². The second-order valence-electron chi connectivity index (χ2n) is 8.66. The van der Waals surface area contributed by atoms with Gasteiger partial charge in [0, 0.05) is 30.1 Å². The number of rotatable bonds is 6. The van der Waals surface area contributed by atoms with E-state index in [1.54, 1.807) is 12.1 Å². The molecule has 0 saturated heterocycles. The minimum Gasteiger partial charge on any atom is -0.362 e. The van der Waals surface area contributed by atoms with Crippen LogP contribution < -0.4 is 10.2 Å². The fourth-order valence-electron chi connectivity index (χ4n) is 4.20. The van der Waals surface area contributed by atoms with Crippen LogP contribution in [0.1, 0.15) is 43.5 Å². The molecule has 6 heteroatoms. The van der Waals surface area contributed by atoms with Crippen molar-refractivity contribution in [3.8, 4) is 0 Å². The Balaban J connectivity index is 0.000000186. The molecule has 4 nitrogen and oxygen atoms in total. The summed E-state index contributed by atoms with van der Waals surface area (Å²) in [5, 5.41) is 5.07. The van der Waals surface area contributed by atoms with E-state index >= 15 is 0 Å². The quantitative estimate of drug-likeness (QED) is 0.448. The van der Waals surface area contributed by atoms with Crippen LogP contribution in [0.15, 0.2) is 42.5 Å². The van der Waals surface area contributed by atoms with Crippen LogP contribution in [0.3, 0.4) is 0 Å². The highest BCUT2D eigenvalue weighted by molar-refractivity contribution is 6.31. The summed E-state index contributed by atoms with van der Waals surface area (Å²) < 4.78 is 13.5. The van der Waals surface area contributed by atoms with Crippen molar-refractivity contribution >= 4 is 28.3 Å². The van der Waals surface area contributed by atoms with Crippen LogP contribution in [0.2, 0.25) is 5.02 Å². The van der Waals surface area contributed by atoms with E-state index in [9.17, 15) is 4.39 Å². The Bertz CT molecular complexity index is 982. The first-order chi connectivity index (χ1) is 15.5. The number of hydrogen-bond acceptors (Lipinski definition) is 4. The number of benzene rings is 2. The Morgan fingerprint density at radius 1 is 1.03 bits per heavy atom. The topological polar surface area (TPSA) is 41.1 Å². The molecule has 0 radical (unpaired) electrons. The molecule has 32 heavy (non-hydrogen) atoms. The van der Waals surface area contributed by atoms with Gasteiger partial charge in [-0.15, -0.1) is 0 Å². The number of nitrogens with one attached hydrogen (secondary N) is 1. The molecule has 0 spiro atoms. The van der Waals surface area contributed by atoms with Gasteiger partial charge in [0.2, 0.25) is 0 Å². The molecule has 1 aromatic heterocycles. The number of para-hydroxylation sites is 1. The van der Waals surface area contributed by atoms with Crippen LogP contribution in [0.5, 0.6) is 0 Å². The first-order valence-corrected chi connectivity index (χ1v) is 11.9. The SMILES string of the molecule is Cc1nc(N(C)C)c2ccccc2n1.Fc1cccc(Cl)c1CCNCC1CCCCC1. The zero-order chi connectivity index (χ0) is 22.9. The fraction of sp³-hybridized carbons (Fsp3) is 0.462. The van der Waals surface area contributed by atoms with Crippen molar-refractivity contribution in [2.24, 2.45) is 5.92 Å². The molecular weight excluding hydrogens is 423 g/mol. The largest absolute Gasteiger partial charge is 0.362 e. The van der Waals surface area contributed by atoms with E-state index in [2.05, 4.69) is 15.3 Å². The van der Waals surface area contributed by atoms with Crippen LogP contribution in [-0.4, -0.2) is 37.2 Å². The van der Waals surface area contributed by atoms with Crippen LogP contribution >= 0.6 is 11.6 Å². The fourth-order valence-corrected chi connectivity index (χ4v) is 4.45. The third kappa shape index (κ3) is 6.88. The molecule has 1 aliphatic rings. The maximum Gasteiger partial charge on any atom is 0.139 e. The summed E-state index contributed by atoms with van der Waals surface area (Å²) in [6, 6.07) is 12.9. The summed E-state index contributed by atoms with van der Waals surface area (Å²) in [6.45, 7) is 3.78. The van der Waals surface area contributed by atoms with Crippen molar-refractivity contribution in [3.05, 3.63) is 64.7 Å². The molecule has 172 valence electrons. The summed E-state index contributed by atoms with van der Waals surface area (Å²) in [4.78, 5) is 10.8. The first kappa shape index (κ1) is 24.4. The van der Waals surface area contributed by atoms with E-state index in [0.717, 1.165) is 41.6 Å². The van der Waals surface area contributed by atoms with E-state index in [1.807, 2.05) is 50.2 Å². The van der Waals surface area contributed by atoms with Crippen molar-refractivity contribution in [3.63, 3.8) is 0 Å². The van der Waals surface area contributed by atoms with Crippen molar-refractivity contribution in [1.29, 1.82) is 0 Å². The maximum absolute atomic E-state index is 13.5. The van der Waals surface area contributed by atoms with E-state index in [0.29, 0.717) is 17.0 Å². The molecule has 1 N–H and O–H groups in total. The molecule has 1 heterocycles. The van der Waals surface area contributed by atoms with Gasteiger partial charge in [-0.05, 0) is 69.5 Å². The highest BCUT2D eigenvalue weighted by Gasteiger charge is 2.13. The molecule has 4 rings (SSSR count). The van der Waals surface area contributed by atoms with Gasteiger partial charge in [0.15, 0.2) is 0 Å². The lowest BCUT2D eigenvalue weighted by Gasteiger charge is -2.21. The number of aryl methyl sites for hydroxylation is 1. The number of halogens is 2. The molecular formula is C26H34ClFN4. The average molecular weight is 457 g/mol. The van der Waals surface area contributed by atoms with Crippen molar-refractivity contribution < 1.29 is 4.39 Å². The van der Waals surface area contributed by atoms with Crippen LogP contribution in [-0.2, 0) is 6.42 Å². The highest BCUT2D eigenvalue weighted by atomic mass is 35.5. The van der Waals surface area contributed by atoms with E-state index in [4.69, 9.17) is 11.6 Å². The van der Waals surface area contributed by atoms with Gasteiger partial charge < -0.3 is 10.2 Å². The predicted octanol–water partition coefficient (Wildman–Crippen LogP) is 6.20. The van der Waals surface area contributed by atoms with Crippen LogP contribution in [0.25, 0.3) is 10.9 Å². The molecule has 0 bridgehead atoms. The zero-order valence-electron chi connectivity index (χ0n) is 19.4. The molecule has 2 aromatic carbocycles. The molecule has 0 atom stereocenters. The molecule has 3 aromatic rings. The standard InChI is InChI=1S/C15H21ClFN.C11H13N3/c16-14-7-4-8-15(17)13(14)9-10-18-11-12-5-2-1-3-6-12;1-8-12-10-7-5-4-6-9(10)11(13-8)14(2)3/h4,7-8,12,18H,1-3,5-6,9-11H2;4-7H,1-3H3. The van der Waals surface area contributed by atoms with Crippen molar-refractivity contribution in [2.75, 3.05) is 32.1 Å². The summed E-state index contributed by atoms with van der Waals surface area (Å²) in [5.41, 5.74) is 1.64. The van der Waals surface area contributed by atoms with Gasteiger partial charge in [0.05, 0.1) is 5.52 Å². The number of hydrogen-bond donors (Lipinski definition) is 1. The second kappa shape index (κ2) is 12.1. The number of aromatic nitrogens is 2. The minimum atomic E-state index is -0.193. The molecule has 1 saturated carbocycles. The lowest BCUT2D eigenvalue weighted by Crippen LogP contribution is -2.26. The lowest BCUT2D eigenvalue weighted by molar-refractivity contribution is 0.343. The molecule has 1 fully saturated rings.